The molecular formula is C16H25BClNO5S. The fraction of sp³-hybridized carbons (Fsp3) is 0.625. The average Bonchev–Trinajstić information content (AvgIpc) is 2.67. The van der Waals surface area contributed by atoms with E-state index in [1.807, 2.05) is 33.8 Å². The Balaban J connectivity index is 1.99. The van der Waals surface area contributed by atoms with Crippen molar-refractivity contribution in [3.8, 4) is 5.75 Å². The summed E-state index contributed by atoms with van der Waals surface area (Å²) in [6.45, 7) is 8.64. The number of nitrogens with one attached hydrogen (secondary N) is 1. The molecule has 1 heterocycles. The highest BCUT2D eigenvalue weighted by atomic mass is 35.5. The molecule has 1 fully saturated rings. The summed E-state index contributed by atoms with van der Waals surface area (Å²) in [4.78, 5) is 0. The van der Waals surface area contributed by atoms with Crippen LogP contribution in [0.4, 0.5) is 0 Å². The number of rotatable bonds is 7. The maximum absolute atomic E-state index is 11.0. The first-order chi connectivity index (χ1) is 11.4. The van der Waals surface area contributed by atoms with Gasteiger partial charge in [0.05, 0.1) is 29.1 Å². The maximum atomic E-state index is 11.0. The molecule has 2 rings (SSSR count). The zero-order valence-electron chi connectivity index (χ0n) is 15.3. The third-order valence-electron chi connectivity index (χ3n) is 4.42. The van der Waals surface area contributed by atoms with E-state index < -0.39 is 28.3 Å². The van der Waals surface area contributed by atoms with Gasteiger partial charge in [-0.05, 0) is 51.7 Å². The molecule has 0 radical (unpaired) electrons. The minimum Gasteiger partial charge on any atom is -0.492 e. The second-order valence-electron chi connectivity index (χ2n) is 7.15. The van der Waals surface area contributed by atoms with Crippen LogP contribution >= 0.6 is 11.6 Å². The van der Waals surface area contributed by atoms with Gasteiger partial charge in [0, 0.05) is 6.54 Å². The SMILES string of the molecule is CC1(C)OB(c2ccc(Cl)c(OCCCNS(C)(=O)=O)c2)OC1(C)C. The van der Waals surface area contributed by atoms with Gasteiger partial charge in [-0.15, -0.1) is 0 Å². The molecule has 0 unspecified atom stereocenters. The average molecular weight is 390 g/mol. The minimum absolute atomic E-state index is 0.313. The van der Waals surface area contributed by atoms with Gasteiger partial charge in [0.1, 0.15) is 5.75 Å². The van der Waals surface area contributed by atoms with Gasteiger partial charge < -0.3 is 14.0 Å². The van der Waals surface area contributed by atoms with E-state index >= 15 is 0 Å². The number of ether oxygens (including phenoxy) is 1. The van der Waals surface area contributed by atoms with Crippen LogP contribution in [0.25, 0.3) is 0 Å². The number of sulfonamides is 1. The number of hydrogen-bond acceptors (Lipinski definition) is 5. The molecule has 1 aliphatic heterocycles. The quantitative estimate of drug-likeness (QED) is 0.570. The highest BCUT2D eigenvalue weighted by molar-refractivity contribution is 7.88. The van der Waals surface area contributed by atoms with Gasteiger partial charge >= 0.3 is 7.12 Å². The van der Waals surface area contributed by atoms with E-state index in [4.69, 9.17) is 25.6 Å². The summed E-state index contributed by atoms with van der Waals surface area (Å²) >= 11 is 6.18. The van der Waals surface area contributed by atoms with E-state index in [1.165, 1.54) is 0 Å². The maximum Gasteiger partial charge on any atom is 0.494 e. The molecular weight excluding hydrogens is 365 g/mol. The molecule has 0 atom stereocenters. The Bertz CT molecular complexity index is 707. The normalized spacial score (nSPS) is 19.2. The first-order valence-electron chi connectivity index (χ1n) is 8.14. The van der Waals surface area contributed by atoms with E-state index in [9.17, 15) is 8.42 Å². The van der Waals surface area contributed by atoms with Crippen molar-refractivity contribution in [2.24, 2.45) is 0 Å². The zero-order valence-corrected chi connectivity index (χ0v) is 16.8. The zero-order chi connectivity index (χ0) is 18.9. The Kier molecular flexibility index (Phi) is 6.11. The predicted octanol–water partition coefficient (Wildman–Crippen LogP) is 1.96. The summed E-state index contributed by atoms with van der Waals surface area (Å²) in [7, 11) is -3.67. The second kappa shape index (κ2) is 7.44. The van der Waals surface area contributed by atoms with E-state index in [0.29, 0.717) is 30.3 Å². The Hall–Kier alpha value is -0.795. The van der Waals surface area contributed by atoms with Gasteiger partial charge in [0.15, 0.2) is 0 Å². The van der Waals surface area contributed by atoms with Gasteiger partial charge in [-0.3, -0.25) is 0 Å². The Morgan fingerprint density at radius 1 is 1.20 bits per heavy atom. The van der Waals surface area contributed by atoms with Gasteiger partial charge in [0.25, 0.3) is 0 Å². The monoisotopic (exact) mass is 389 g/mol. The molecule has 1 aromatic rings. The van der Waals surface area contributed by atoms with E-state index in [0.717, 1.165) is 11.7 Å². The third kappa shape index (κ3) is 5.34. The lowest BCUT2D eigenvalue weighted by molar-refractivity contribution is 0.00578. The van der Waals surface area contributed by atoms with Crippen molar-refractivity contribution < 1.29 is 22.5 Å². The van der Waals surface area contributed by atoms with Crippen LogP contribution in [0, 0.1) is 0 Å². The van der Waals surface area contributed by atoms with E-state index in [-0.39, 0.29) is 0 Å². The van der Waals surface area contributed by atoms with Gasteiger partial charge in [0.2, 0.25) is 10.0 Å². The summed E-state index contributed by atoms with van der Waals surface area (Å²) in [5.41, 5.74) is -0.0158. The highest BCUT2D eigenvalue weighted by Crippen LogP contribution is 2.37. The molecule has 1 aromatic carbocycles. The first-order valence-corrected chi connectivity index (χ1v) is 10.4. The van der Waals surface area contributed by atoms with Crippen LogP contribution in [0.3, 0.4) is 0 Å². The van der Waals surface area contributed by atoms with Crippen LogP contribution in [0.1, 0.15) is 34.1 Å². The number of hydrogen-bond donors (Lipinski definition) is 1. The lowest BCUT2D eigenvalue weighted by Crippen LogP contribution is -2.41. The Morgan fingerprint density at radius 2 is 1.80 bits per heavy atom. The Morgan fingerprint density at radius 3 is 2.36 bits per heavy atom. The molecule has 0 aromatic heterocycles. The largest absolute Gasteiger partial charge is 0.494 e. The standard InChI is InChI=1S/C16H25BClNO5S/c1-15(2)16(3,4)24-17(23-15)12-7-8-13(18)14(11-12)22-10-6-9-19-25(5,20)21/h7-8,11,19H,6,9-10H2,1-5H3. The minimum atomic E-state index is -3.18. The predicted molar refractivity (Wildman–Crippen MR) is 100 cm³/mol. The lowest BCUT2D eigenvalue weighted by atomic mass is 9.79. The molecule has 140 valence electrons. The van der Waals surface area contributed by atoms with Crippen molar-refractivity contribution in [2.75, 3.05) is 19.4 Å². The molecule has 0 amide bonds. The molecule has 1 saturated heterocycles. The summed E-state index contributed by atoms with van der Waals surface area (Å²) in [6.07, 6.45) is 1.66. The van der Waals surface area contributed by atoms with Crippen LogP contribution in [0.2, 0.25) is 5.02 Å². The molecule has 0 saturated carbocycles. The fourth-order valence-electron chi connectivity index (χ4n) is 2.27. The summed E-state index contributed by atoms with van der Waals surface area (Å²) in [6, 6.07) is 5.39. The van der Waals surface area contributed by atoms with Crippen molar-refractivity contribution in [3.63, 3.8) is 0 Å². The van der Waals surface area contributed by atoms with Crippen molar-refractivity contribution in [3.05, 3.63) is 23.2 Å². The van der Waals surface area contributed by atoms with Gasteiger partial charge in [-0.2, -0.15) is 0 Å². The van der Waals surface area contributed by atoms with Crippen LogP contribution in [-0.2, 0) is 19.3 Å². The van der Waals surface area contributed by atoms with Crippen molar-refractivity contribution in [1.82, 2.24) is 4.72 Å². The summed E-state index contributed by atoms with van der Waals surface area (Å²) in [5, 5.41) is 0.483. The topological polar surface area (TPSA) is 73.9 Å². The third-order valence-corrected chi connectivity index (χ3v) is 5.46. The molecule has 1 N–H and O–H groups in total. The van der Waals surface area contributed by atoms with E-state index in [1.54, 1.807) is 12.1 Å². The Labute approximate surface area is 155 Å². The first kappa shape index (κ1) is 20.5. The van der Waals surface area contributed by atoms with Gasteiger partial charge in [-0.1, -0.05) is 17.7 Å². The molecule has 9 heteroatoms. The molecule has 1 aliphatic rings. The summed E-state index contributed by atoms with van der Waals surface area (Å²) < 4.78 is 42.2. The van der Waals surface area contributed by atoms with E-state index in [2.05, 4.69) is 4.72 Å². The van der Waals surface area contributed by atoms with Crippen molar-refractivity contribution in [1.29, 1.82) is 0 Å². The van der Waals surface area contributed by atoms with Gasteiger partial charge in [-0.25, -0.2) is 13.1 Å². The molecule has 0 aliphatic carbocycles. The van der Waals surface area contributed by atoms with Crippen LogP contribution < -0.4 is 14.9 Å². The smallest absolute Gasteiger partial charge is 0.492 e. The molecule has 0 spiro atoms. The van der Waals surface area contributed by atoms with Crippen LogP contribution in [0.5, 0.6) is 5.75 Å². The highest BCUT2D eigenvalue weighted by Gasteiger charge is 2.51. The van der Waals surface area contributed by atoms with Crippen LogP contribution in [0.15, 0.2) is 18.2 Å². The molecule has 6 nitrogen and oxygen atoms in total. The fourth-order valence-corrected chi connectivity index (χ4v) is 2.96. The number of benzene rings is 1. The second-order valence-corrected chi connectivity index (χ2v) is 9.39. The summed E-state index contributed by atoms with van der Waals surface area (Å²) in [5.74, 6) is 0.522. The van der Waals surface area contributed by atoms with Crippen molar-refractivity contribution >= 4 is 34.2 Å². The van der Waals surface area contributed by atoms with Crippen molar-refractivity contribution in [2.45, 2.75) is 45.3 Å². The lowest BCUT2D eigenvalue weighted by Gasteiger charge is -2.32. The molecule has 25 heavy (non-hydrogen) atoms. The van der Waals surface area contributed by atoms with Crippen LogP contribution in [-0.4, -0.2) is 46.1 Å². The number of halogens is 1. The molecule has 0 bridgehead atoms.